The third kappa shape index (κ3) is 4.04. The lowest BCUT2D eigenvalue weighted by Crippen LogP contribution is -2.43. The second-order valence-electron chi connectivity index (χ2n) is 6.91. The van der Waals surface area contributed by atoms with Gasteiger partial charge < -0.3 is 15.4 Å². The minimum absolute atomic E-state index is 0. The quantitative estimate of drug-likeness (QED) is 0.905. The summed E-state index contributed by atoms with van der Waals surface area (Å²) in [5.41, 5.74) is 7.17. The highest BCUT2D eigenvalue weighted by Crippen LogP contribution is 2.35. The highest BCUT2D eigenvalue weighted by Gasteiger charge is 2.36. The monoisotopic (exact) mass is 352 g/mol. The molecule has 1 saturated carbocycles. The van der Waals surface area contributed by atoms with Gasteiger partial charge in [0, 0.05) is 19.0 Å². The molecule has 1 aliphatic carbocycles. The molecule has 0 unspecified atom stereocenters. The van der Waals surface area contributed by atoms with E-state index in [-0.39, 0.29) is 18.3 Å². The molecule has 0 spiro atoms. The van der Waals surface area contributed by atoms with Crippen LogP contribution in [0.3, 0.4) is 0 Å². The van der Waals surface area contributed by atoms with Crippen molar-refractivity contribution in [2.45, 2.75) is 38.0 Å². The first kappa shape index (κ1) is 19.1. The molecule has 1 aromatic carbocycles. The van der Waals surface area contributed by atoms with E-state index < -0.39 is 0 Å². The molecule has 24 heavy (non-hydrogen) atoms. The van der Waals surface area contributed by atoms with E-state index in [1.54, 1.807) is 7.11 Å². The molecule has 0 radical (unpaired) electrons. The summed E-state index contributed by atoms with van der Waals surface area (Å²) in [6.07, 6.45) is 5.38. The Balaban J connectivity index is 0.00000208. The molecule has 4 nitrogen and oxygen atoms in total. The lowest BCUT2D eigenvalue weighted by Gasteiger charge is -2.35. The number of halogens is 1. The second kappa shape index (κ2) is 8.72. The molecule has 2 N–H and O–H groups in total. The summed E-state index contributed by atoms with van der Waals surface area (Å²) < 4.78 is 5.32. The normalized spacial score (nSPS) is 24.5. The average molecular weight is 353 g/mol. The number of hydrogen-bond acceptors (Lipinski definition) is 3. The van der Waals surface area contributed by atoms with Gasteiger partial charge in [0.05, 0.1) is 7.11 Å². The molecule has 2 fully saturated rings. The molecular weight excluding hydrogens is 324 g/mol. The summed E-state index contributed by atoms with van der Waals surface area (Å²) in [7, 11) is 1.70. The number of amides is 1. The van der Waals surface area contributed by atoms with E-state index in [4.69, 9.17) is 10.5 Å². The van der Waals surface area contributed by atoms with Gasteiger partial charge in [-0.2, -0.15) is 0 Å². The molecule has 1 heterocycles. The van der Waals surface area contributed by atoms with Gasteiger partial charge in [-0.1, -0.05) is 18.6 Å². The minimum atomic E-state index is 0. The number of ether oxygens (including phenoxy) is 1. The maximum atomic E-state index is 12.8. The van der Waals surface area contributed by atoms with Crippen LogP contribution in [-0.2, 0) is 4.79 Å². The zero-order valence-corrected chi connectivity index (χ0v) is 15.3. The number of piperidine rings is 1. The number of carbonyl (C=O) groups is 1. The molecule has 0 bridgehead atoms. The van der Waals surface area contributed by atoms with Crippen LogP contribution in [0.2, 0.25) is 0 Å². The van der Waals surface area contributed by atoms with Crippen LogP contribution >= 0.6 is 12.4 Å². The molecule has 0 aromatic heterocycles. The molecule has 2 atom stereocenters. The lowest BCUT2D eigenvalue weighted by molar-refractivity contribution is -0.137. The van der Waals surface area contributed by atoms with Crippen LogP contribution in [0, 0.1) is 11.8 Å². The predicted molar refractivity (Wildman–Crippen MR) is 98.7 cm³/mol. The minimum Gasteiger partial charge on any atom is -0.497 e. The number of nitrogens with zero attached hydrogens (tertiary/aromatic N) is 1. The molecular formula is C19H29ClN2O2. The Kier molecular flexibility index (Phi) is 6.93. The van der Waals surface area contributed by atoms with Gasteiger partial charge in [-0.05, 0) is 61.8 Å². The van der Waals surface area contributed by atoms with Crippen molar-refractivity contribution in [3.8, 4) is 5.75 Å². The van der Waals surface area contributed by atoms with Crippen molar-refractivity contribution in [1.29, 1.82) is 0 Å². The van der Waals surface area contributed by atoms with E-state index in [0.717, 1.165) is 50.9 Å². The second-order valence-corrected chi connectivity index (χ2v) is 6.91. The van der Waals surface area contributed by atoms with Crippen LogP contribution in [0.1, 0.15) is 43.6 Å². The molecule has 5 heteroatoms. The third-order valence-electron chi connectivity index (χ3n) is 5.65. The standard InChI is InChI=1S/C19H28N2O2.ClH/c1-23-17-6-2-4-15(12-17)14-8-10-21(11-9-14)19(22)18-7-3-5-16(18)13-20;/h2,4,6,12,14,16,18H,3,5,7-11,13,20H2,1H3;1H/t16-,18-;/m1./s1. The number of carbonyl (C=O) groups excluding carboxylic acids is 1. The first-order chi connectivity index (χ1) is 11.2. The Bertz CT molecular complexity index is 544. The van der Waals surface area contributed by atoms with Crippen LogP contribution in [0.5, 0.6) is 5.75 Å². The fourth-order valence-electron chi connectivity index (χ4n) is 4.21. The van der Waals surface area contributed by atoms with Crippen molar-refractivity contribution in [3.05, 3.63) is 29.8 Å². The van der Waals surface area contributed by atoms with Crippen molar-refractivity contribution in [3.63, 3.8) is 0 Å². The van der Waals surface area contributed by atoms with E-state index >= 15 is 0 Å². The Morgan fingerprint density at radius 2 is 2.00 bits per heavy atom. The molecule has 1 amide bonds. The Hall–Kier alpha value is -1.26. The SMILES string of the molecule is COc1cccc(C2CCN(C(=O)[C@@H]3CCC[C@@H]3CN)CC2)c1.Cl. The molecule has 2 aliphatic rings. The summed E-state index contributed by atoms with van der Waals surface area (Å²) in [4.78, 5) is 14.8. The van der Waals surface area contributed by atoms with Crippen LogP contribution in [-0.4, -0.2) is 37.6 Å². The first-order valence-corrected chi connectivity index (χ1v) is 8.85. The smallest absolute Gasteiger partial charge is 0.226 e. The summed E-state index contributed by atoms with van der Waals surface area (Å²) >= 11 is 0. The van der Waals surface area contributed by atoms with E-state index in [2.05, 4.69) is 23.1 Å². The van der Waals surface area contributed by atoms with E-state index in [0.29, 0.717) is 24.3 Å². The molecule has 1 saturated heterocycles. The van der Waals surface area contributed by atoms with Crippen molar-refractivity contribution in [1.82, 2.24) is 4.90 Å². The van der Waals surface area contributed by atoms with Crippen molar-refractivity contribution in [2.75, 3.05) is 26.7 Å². The summed E-state index contributed by atoms with van der Waals surface area (Å²) in [6, 6.07) is 8.33. The zero-order valence-electron chi connectivity index (χ0n) is 14.4. The maximum absolute atomic E-state index is 12.8. The van der Waals surface area contributed by atoms with Crippen molar-refractivity contribution >= 4 is 18.3 Å². The summed E-state index contributed by atoms with van der Waals surface area (Å²) in [6.45, 7) is 2.39. The number of rotatable bonds is 4. The van der Waals surface area contributed by atoms with Gasteiger partial charge in [-0.25, -0.2) is 0 Å². The first-order valence-electron chi connectivity index (χ1n) is 8.85. The number of benzene rings is 1. The molecule has 1 aliphatic heterocycles. The van der Waals surface area contributed by atoms with Crippen molar-refractivity contribution in [2.24, 2.45) is 17.6 Å². The van der Waals surface area contributed by atoms with Crippen LogP contribution < -0.4 is 10.5 Å². The number of nitrogens with two attached hydrogens (primary N) is 1. The molecule has 134 valence electrons. The van der Waals surface area contributed by atoms with Gasteiger partial charge in [-0.15, -0.1) is 12.4 Å². The third-order valence-corrected chi connectivity index (χ3v) is 5.65. The lowest BCUT2D eigenvalue weighted by atomic mass is 9.88. The largest absolute Gasteiger partial charge is 0.497 e. The van der Waals surface area contributed by atoms with Crippen molar-refractivity contribution < 1.29 is 9.53 Å². The van der Waals surface area contributed by atoms with Gasteiger partial charge in [0.2, 0.25) is 5.91 Å². The van der Waals surface area contributed by atoms with Gasteiger partial charge >= 0.3 is 0 Å². The van der Waals surface area contributed by atoms with E-state index in [1.807, 2.05) is 6.07 Å². The van der Waals surface area contributed by atoms with E-state index in [1.165, 1.54) is 5.56 Å². The van der Waals surface area contributed by atoms with Crippen LogP contribution in [0.4, 0.5) is 0 Å². The zero-order chi connectivity index (χ0) is 16.2. The average Bonchev–Trinajstić information content (AvgIpc) is 3.10. The van der Waals surface area contributed by atoms with E-state index in [9.17, 15) is 4.79 Å². The Labute approximate surface area is 151 Å². The van der Waals surface area contributed by atoms with Gasteiger partial charge in [0.25, 0.3) is 0 Å². The van der Waals surface area contributed by atoms with Gasteiger partial charge in [-0.3, -0.25) is 4.79 Å². The summed E-state index contributed by atoms with van der Waals surface area (Å²) in [5.74, 6) is 2.37. The Morgan fingerprint density at radius 3 is 2.67 bits per heavy atom. The summed E-state index contributed by atoms with van der Waals surface area (Å²) in [5, 5.41) is 0. The highest BCUT2D eigenvalue weighted by molar-refractivity contribution is 5.85. The highest BCUT2D eigenvalue weighted by atomic mass is 35.5. The van der Waals surface area contributed by atoms with Gasteiger partial charge in [0.1, 0.15) is 5.75 Å². The van der Waals surface area contributed by atoms with Crippen LogP contribution in [0.15, 0.2) is 24.3 Å². The topological polar surface area (TPSA) is 55.6 Å². The number of likely N-dealkylation sites (tertiary alicyclic amines) is 1. The van der Waals surface area contributed by atoms with Crippen LogP contribution in [0.25, 0.3) is 0 Å². The fourth-order valence-corrected chi connectivity index (χ4v) is 4.21. The number of hydrogen-bond donors (Lipinski definition) is 1. The Morgan fingerprint density at radius 1 is 1.25 bits per heavy atom. The van der Waals surface area contributed by atoms with Gasteiger partial charge in [0.15, 0.2) is 0 Å². The predicted octanol–water partition coefficient (Wildman–Crippen LogP) is 3.20. The maximum Gasteiger partial charge on any atom is 0.226 e. The fraction of sp³-hybridized carbons (Fsp3) is 0.632. The number of methoxy groups -OCH3 is 1. The molecule has 1 aromatic rings. The molecule has 3 rings (SSSR count).